The lowest BCUT2D eigenvalue weighted by atomic mass is 9.86. The van der Waals surface area contributed by atoms with Crippen molar-refractivity contribution in [3.63, 3.8) is 0 Å². The van der Waals surface area contributed by atoms with E-state index in [9.17, 15) is 9.59 Å². The van der Waals surface area contributed by atoms with Gasteiger partial charge in [0.25, 0.3) is 5.91 Å². The number of nitrogens with one attached hydrogen (secondary N) is 1. The normalized spacial score (nSPS) is 15.2. The van der Waals surface area contributed by atoms with Crippen LogP contribution in [-0.2, 0) is 16.1 Å². The molecular weight excluding hydrogens is 499 g/mol. The van der Waals surface area contributed by atoms with Crippen molar-refractivity contribution >= 4 is 51.5 Å². The summed E-state index contributed by atoms with van der Waals surface area (Å²) in [6.45, 7) is 7.97. The van der Waals surface area contributed by atoms with E-state index in [0.29, 0.717) is 34.4 Å². The van der Waals surface area contributed by atoms with E-state index >= 15 is 0 Å². The van der Waals surface area contributed by atoms with Crippen LogP contribution in [0.4, 0.5) is 5.69 Å². The summed E-state index contributed by atoms with van der Waals surface area (Å²) in [6.07, 6.45) is 2.43. The van der Waals surface area contributed by atoms with Crippen LogP contribution in [0.1, 0.15) is 26.2 Å². The average Bonchev–Trinajstić information content (AvgIpc) is 3.15. The number of hydrogen-bond acceptors (Lipinski definition) is 4. The first-order chi connectivity index (χ1) is 17.3. The first-order valence-corrected chi connectivity index (χ1v) is 12.9. The molecule has 1 unspecified atom stereocenters. The summed E-state index contributed by atoms with van der Waals surface area (Å²) < 4.78 is 8.66. The number of aromatic nitrogens is 2. The van der Waals surface area contributed by atoms with E-state index in [0.717, 1.165) is 37.0 Å². The van der Waals surface area contributed by atoms with Gasteiger partial charge in [0.1, 0.15) is 6.61 Å². The fourth-order valence-corrected chi connectivity index (χ4v) is 5.50. The molecule has 1 amide bonds. The minimum atomic E-state index is -0.161. The van der Waals surface area contributed by atoms with Crippen molar-refractivity contribution in [1.29, 1.82) is 0 Å². The number of methoxy groups -OCH3 is 1. The van der Waals surface area contributed by atoms with Gasteiger partial charge in [-0.3, -0.25) is 13.9 Å². The van der Waals surface area contributed by atoms with Gasteiger partial charge in [-0.2, -0.15) is 0 Å². The van der Waals surface area contributed by atoms with Crippen molar-refractivity contribution < 1.29 is 9.53 Å². The molecule has 0 aliphatic carbocycles. The number of ether oxygens (including phenoxy) is 1. The highest BCUT2D eigenvalue weighted by atomic mass is 35.5. The van der Waals surface area contributed by atoms with E-state index in [2.05, 4.69) is 11.9 Å². The standard InChI is InChI=1S/C27H32Cl2N4O3/c1-18(2)32-25-7-5-4-6-24(25)31(27(32)35)15-12-23(19-10-13-30-14-11-19)33(26(34)17-36-3)20-8-9-21(28)22(29)16-20/h4-9,16,19,23,30H,1,10-15,17H2,2-3H3. The Morgan fingerprint density at radius 3 is 2.50 bits per heavy atom. The van der Waals surface area contributed by atoms with Crippen LogP contribution in [-0.4, -0.2) is 47.9 Å². The molecule has 7 nitrogen and oxygen atoms in total. The molecule has 2 aromatic carbocycles. The van der Waals surface area contributed by atoms with Gasteiger partial charge >= 0.3 is 5.69 Å². The molecule has 1 fully saturated rings. The molecule has 1 N–H and O–H groups in total. The van der Waals surface area contributed by atoms with Crippen molar-refractivity contribution in [1.82, 2.24) is 14.5 Å². The smallest absolute Gasteiger partial charge is 0.333 e. The zero-order valence-electron chi connectivity index (χ0n) is 20.7. The number of imidazole rings is 1. The highest BCUT2D eigenvalue weighted by Crippen LogP contribution is 2.33. The maximum Gasteiger partial charge on any atom is 0.333 e. The van der Waals surface area contributed by atoms with Gasteiger partial charge in [0.15, 0.2) is 0 Å². The van der Waals surface area contributed by atoms with E-state index in [4.69, 9.17) is 27.9 Å². The lowest BCUT2D eigenvalue weighted by molar-refractivity contribution is -0.123. The van der Waals surface area contributed by atoms with Crippen molar-refractivity contribution in [2.75, 3.05) is 31.7 Å². The second kappa shape index (κ2) is 11.6. The van der Waals surface area contributed by atoms with Gasteiger partial charge in [0, 0.05) is 31.1 Å². The molecule has 4 rings (SSSR count). The number of benzene rings is 2. The number of anilines is 1. The zero-order valence-corrected chi connectivity index (χ0v) is 22.2. The number of allylic oxidation sites excluding steroid dienone is 1. The number of carbonyl (C=O) groups is 1. The van der Waals surface area contributed by atoms with Crippen molar-refractivity contribution in [3.05, 3.63) is 69.6 Å². The minimum Gasteiger partial charge on any atom is -0.375 e. The van der Waals surface area contributed by atoms with E-state index in [1.807, 2.05) is 37.3 Å². The highest BCUT2D eigenvalue weighted by molar-refractivity contribution is 6.42. The molecule has 1 atom stereocenters. The Kier molecular flexibility index (Phi) is 8.57. The third-order valence-electron chi connectivity index (χ3n) is 6.84. The second-order valence-electron chi connectivity index (χ2n) is 9.23. The molecule has 0 spiro atoms. The Labute approximate surface area is 221 Å². The maximum absolute atomic E-state index is 13.4. The van der Waals surface area contributed by atoms with Gasteiger partial charge in [-0.25, -0.2) is 4.79 Å². The van der Waals surface area contributed by atoms with Crippen LogP contribution in [0.5, 0.6) is 0 Å². The van der Waals surface area contributed by atoms with Crippen LogP contribution < -0.4 is 15.9 Å². The summed E-state index contributed by atoms with van der Waals surface area (Å²) in [4.78, 5) is 28.6. The Hall–Kier alpha value is -2.58. The van der Waals surface area contributed by atoms with Crippen molar-refractivity contribution in [3.8, 4) is 0 Å². The van der Waals surface area contributed by atoms with Gasteiger partial charge < -0.3 is 15.0 Å². The second-order valence-corrected chi connectivity index (χ2v) is 10.0. The number of carbonyl (C=O) groups excluding carboxylic acids is 1. The fourth-order valence-electron chi connectivity index (χ4n) is 5.21. The van der Waals surface area contributed by atoms with Crippen molar-refractivity contribution in [2.24, 2.45) is 5.92 Å². The van der Waals surface area contributed by atoms with Gasteiger partial charge in [-0.05, 0) is 75.5 Å². The average molecular weight is 531 g/mol. The SMILES string of the molecule is C=C(C)n1c(=O)n(CCC(C2CCNCC2)N(C(=O)COC)c2ccc(Cl)c(Cl)c2)c2ccccc21. The predicted molar refractivity (Wildman–Crippen MR) is 147 cm³/mol. The Bertz CT molecular complexity index is 1310. The Morgan fingerprint density at radius 1 is 1.17 bits per heavy atom. The van der Waals surface area contributed by atoms with E-state index < -0.39 is 0 Å². The fraction of sp³-hybridized carbons (Fsp3) is 0.407. The monoisotopic (exact) mass is 530 g/mol. The lowest BCUT2D eigenvalue weighted by Crippen LogP contribution is -2.49. The minimum absolute atomic E-state index is 0.0589. The molecule has 0 radical (unpaired) electrons. The molecule has 2 heterocycles. The molecule has 1 saturated heterocycles. The van der Waals surface area contributed by atoms with Gasteiger partial charge in [-0.15, -0.1) is 0 Å². The third-order valence-corrected chi connectivity index (χ3v) is 7.58. The zero-order chi connectivity index (χ0) is 25.8. The molecule has 9 heteroatoms. The topological polar surface area (TPSA) is 68.5 Å². The van der Waals surface area contributed by atoms with Gasteiger partial charge in [-0.1, -0.05) is 41.9 Å². The predicted octanol–water partition coefficient (Wildman–Crippen LogP) is 5.04. The van der Waals surface area contributed by atoms with Gasteiger partial charge in [0.05, 0.1) is 21.1 Å². The summed E-state index contributed by atoms with van der Waals surface area (Å²) in [5.41, 5.74) is 2.88. The number of aryl methyl sites for hydroxylation is 1. The van der Waals surface area contributed by atoms with Crippen LogP contribution in [0.25, 0.3) is 16.7 Å². The number of nitrogens with zero attached hydrogens (tertiary/aromatic N) is 3. The molecule has 1 aromatic heterocycles. The number of amides is 1. The lowest BCUT2D eigenvalue weighted by Gasteiger charge is -2.39. The molecule has 0 bridgehead atoms. The number of piperidine rings is 1. The Balaban J connectivity index is 1.76. The first-order valence-electron chi connectivity index (χ1n) is 12.2. The molecule has 0 saturated carbocycles. The first kappa shape index (κ1) is 26.5. The maximum atomic E-state index is 13.4. The van der Waals surface area contributed by atoms with Gasteiger partial charge in [0.2, 0.25) is 0 Å². The Morgan fingerprint density at radius 2 is 1.86 bits per heavy atom. The molecular formula is C27H32Cl2N4O3. The number of para-hydroxylation sites is 2. The summed E-state index contributed by atoms with van der Waals surface area (Å²) in [6, 6.07) is 12.8. The van der Waals surface area contributed by atoms with Crippen LogP contribution in [0, 0.1) is 5.92 Å². The molecule has 36 heavy (non-hydrogen) atoms. The highest BCUT2D eigenvalue weighted by Gasteiger charge is 2.33. The van der Waals surface area contributed by atoms with E-state index in [1.165, 1.54) is 7.11 Å². The summed E-state index contributed by atoms with van der Waals surface area (Å²) >= 11 is 12.5. The largest absolute Gasteiger partial charge is 0.375 e. The number of rotatable bonds is 9. The molecule has 3 aromatic rings. The van der Waals surface area contributed by atoms with Crippen molar-refractivity contribution in [2.45, 2.75) is 38.8 Å². The molecule has 192 valence electrons. The number of halogens is 2. The van der Waals surface area contributed by atoms with Crippen LogP contribution in [0.2, 0.25) is 10.0 Å². The molecule has 1 aliphatic rings. The number of hydrogen-bond donors (Lipinski definition) is 1. The van der Waals surface area contributed by atoms with Crippen LogP contribution in [0.3, 0.4) is 0 Å². The van der Waals surface area contributed by atoms with E-state index in [-0.39, 0.29) is 30.2 Å². The van der Waals surface area contributed by atoms with Crippen LogP contribution in [0.15, 0.2) is 53.8 Å². The summed E-state index contributed by atoms with van der Waals surface area (Å²) in [5.74, 6) is 0.0860. The molecule has 1 aliphatic heterocycles. The number of fused-ring (bicyclic) bond motifs is 1. The van der Waals surface area contributed by atoms with Crippen LogP contribution >= 0.6 is 23.2 Å². The third kappa shape index (κ3) is 5.39. The van der Waals surface area contributed by atoms with E-state index in [1.54, 1.807) is 26.2 Å². The summed E-state index contributed by atoms with van der Waals surface area (Å²) in [7, 11) is 1.51. The quantitative estimate of drug-likeness (QED) is 0.420. The summed E-state index contributed by atoms with van der Waals surface area (Å²) in [5, 5.41) is 4.22.